The van der Waals surface area contributed by atoms with Crippen LogP contribution in [0, 0.1) is 0 Å². The zero-order valence-corrected chi connectivity index (χ0v) is 10.8. The predicted octanol–water partition coefficient (Wildman–Crippen LogP) is 5.13. The van der Waals surface area contributed by atoms with Gasteiger partial charge in [0.05, 0.1) is 0 Å². The van der Waals surface area contributed by atoms with Gasteiger partial charge in [-0.2, -0.15) is 0 Å². The van der Waals surface area contributed by atoms with Crippen LogP contribution in [0.1, 0.15) is 17.5 Å². The molecule has 0 heterocycles. The second kappa shape index (κ2) is 9.00. The monoisotopic (exact) mass is 236 g/mol. The molecule has 0 aliphatic rings. The first kappa shape index (κ1) is 14.0. The van der Waals surface area contributed by atoms with Gasteiger partial charge in [-0.1, -0.05) is 79.4 Å². The highest BCUT2D eigenvalue weighted by Gasteiger charge is 1.85. The van der Waals surface area contributed by atoms with Crippen LogP contribution in [0.3, 0.4) is 0 Å². The van der Waals surface area contributed by atoms with Crippen molar-refractivity contribution in [2.45, 2.75) is 12.8 Å². The molecular formula is C18H20. The fourth-order valence-electron chi connectivity index (χ4n) is 1.50. The van der Waals surface area contributed by atoms with Gasteiger partial charge in [-0.05, 0) is 24.0 Å². The van der Waals surface area contributed by atoms with Gasteiger partial charge >= 0.3 is 0 Å². The summed E-state index contributed by atoms with van der Waals surface area (Å²) in [5, 5.41) is 0. The molecule has 2 rings (SSSR count). The minimum atomic E-state index is 1.07. The lowest BCUT2D eigenvalue weighted by Gasteiger charge is -1.94. The van der Waals surface area contributed by atoms with Gasteiger partial charge in [-0.25, -0.2) is 0 Å². The Morgan fingerprint density at radius 1 is 0.778 bits per heavy atom. The maximum Gasteiger partial charge on any atom is -0.0244 e. The maximum absolute atomic E-state index is 3.68. The van der Waals surface area contributed by atoms with Crippen molar-refractivity contribution in [2.24, 2.45) is 0 Å². The van der Waals surface area contributed by atoms with Gasteiger partial charge in [0, 0.05) is 0 Å². The van der Waals surface area contributed by atoms with Crippen LogP contribution in [0.15, 0.2) is 79.9 Å². The van der Waals surface area contributed by atoms with E-state index < -0.39 is 0 Å². The average molecular weight is 236 g/mol. The van der Waals surface area contributed by atoms with E-state index in [1.807, 2.05) is 48.6 Å². The number of hydrogen-bond donors (Lipinski definition) is 0. The van der Waals surface area contributed by atoms with Crippen molar-refractivity contribution >= 4 is 6.08 Å². The third kappa shape index (κ3) is 5.86. The Balaban J connectivity index is 0.000000184. The van der Waals surface area contributed by atoms with Crippen LogP contribution >= 0.6 is 0 Å². The maximum atomic E-state index is 3.68. The van der Waals surface area contributed by atoms with Crippen molar-refractivity contribution < 1.29 is 0 Å². The molecule has 0 nitrogen and oxygen atoms in total. The van der Waals surface area contributed by atoms with E-state index in [2.05, 4.69) is 37.4 Å². The van der Waals surface area contributed by atoms with E-state index in [0.717, 1.165) is 12.8 Å². The fraction of sp³-hybridized carbons (Fsp3) is 0.111. The molecule has 0 aliphatic carbocycles. The molecule has 2 aromatic carbocycles. The Morgan fingerprint density at radius 3 is 1.78 bits per heavy atom. The summed E-state index contributed by atoms with van der Waals surface area (Å²) >= 11 is 0. The molecule has 0 fully saturated rings. The van der Waals surface area contributed by atoms with E-state index >= 15 is 0 Å². The minimum Gasteiger partial charge on any atom is -0.103 e. The van der Waals surface area contributed by atoms with Crippen molar-refractivity contribution in [3.05, 3.63) is 91.0 Å². The van der Waals surface area contributed by atoms with Crippen LogP contribution in [0.2, 0.25) is 0 Å². The Bertz CT molecular complexity index is 440. The van der Waals surface area contributed by atoms with Crippen LogP contribution in [0.4, 0.5) is 0 Å². The van der Waals surface area contributed by atoms with Gasteiger partial charge in [0.1, 0.15) is 0 Å². The highest BCUT2D eigenvalue weighted by molar-refractivity contribution is 5.45. The van der Waals surface area contributed by atoms with Crippen molar-refractivity contribution in [1.29, 1.82) is 0 Å². The minimum absolute atomic E-state index is 1.07. The molecule has 0 aliphatic heterocycles. The van der Waals surface area contributed by atoms with Crippen molar-refractivity contribution in [1.82, 2.24) is 0 Å². The summed E-state index contributed by atoms with van der Waals surface area (Å²) in [7, 11) is 0. The lowest BCUT2D eigenvalue weighted by molar-refractivity contribution is 1.00. The predicted molar refractivity (Wildman–Crippen MR) is 81.5 cm³/mol. The third-order valence-electron chi connectivity index (χ3n) is 2.52. The number of hydrogen-bond acceptors (Lipinski definition) is 0. The van der Waals surface area contributed by atoms with E-state index in [0.29, 0.717) is 0 Å². The van der Waals surface area contributed by atoms with Crippen LogP contribution in [-0.4, -0.2) is 0 Å². The highest BCUT2D eigenvalue weighted by Crippen LogP contribution is 2.01. The summed E-state index contributed by atoms with van der Waals surface area (Å²) in [5.74, 6) is 0. The number of rotatable bonds is 4. The lowest BCUT2D eigenvalue weighted by Crippen LogP contribution is -1.79. The van der Waals surface area contributed by atoms with Crippen LogP contribution in [-0.2, 0) is 6.42 Å². The zero-order valence-electron chi connectivity index (χ0n) is 10.8. The van der Waals surface area contributed by atoms with Crippen molar-refractivity contribution in [3.8, 4) is 0 Å². The summed E-state index contributed by atoms with van der Waals surface area (Å²) < 4.78 is 0. The third-order valence-corrected chi connectivity index (χ3v) is 2.52. The Kier molecular flexibility index (Phi) is 6.99. The standard InChI is InChI=1S/C10H12.C8H8/c1-2-3-7-10-8-5-4-6-9-10;1-2-8-6-4-3-5-7-8/h2,4-6,8-9H,1,3,7H2;2-7H,1H2. The molecule has 18 heavy (non-hydrogen) atoms. The normalized spacial score (nSPS) is 8.89. The summed E-state index contributed by atoms with van der Waals surface area (Å²) in [4.78, 5) is 0. The summed E-state index contributed by atoms with van der Waals surface area (Å²) in [6.07, 6.45) is 5.97. The molecule has 92 valence electrons. The average Bonchev–Trinajstić information content (AvgIpc) is 2.48. The fourth-order valence-corrected chi connectivity index (χ4v) is 1.50. The summed E-state index contributed by atoms with van der Waals surface area (Å²) in [6, 6.07) is 20.5. The van der Waals surface area contributed by atoms with Gasteiger partial charge in [-0.3, -0.25) is 0 Å². The summed E-state index contributed by atoms with van der Waals surface area (Å²) in [5.41, 5.74) is 2.56. The molecule has 0 heteroatoms. The number of aryl methyl sites for hydroxylation is 1. The van der Waals surface area contributed by atoms with Gasteiger partial charge in [-0.15, -0.1) is 6.58 Å². The van der Waals surface area contributed by atoms with Gasteiger partial charge < -0.3 is 0 Å². The molecule has 0 N–H and O–H groups in total. The first-order chi connectivity index (χ1) is 8.86. The smallest absolute Gasteiger partial charge is 0.0244 e. The van der Waals surface area contributed by atoms with Gasteiger partial charge in [0.2, 0.25) is 0 Å². The highest BCUT2D eigenvalue weighted by atomic mass is 13.9. The largest absolute Gasteiger partial charge is 0.103 e. The molecular weight excluding hydrogens is 216 g/mol. The van der Waals surface area contributed by atoms with Crippen LogP contribution in [0.5, 0.6) is 0 Å². The Morgan fingerprint density at radius 2 is 1.33 bits per heavy atom. The molecule has 0 saturated heterocycles. The van der Waals surface area contributed by atoms with Crippen LogP contribution in [0.25, 0.3) is 6.08 Å². The molecule has 0 atom stereocenters. The van der Waals surface area contributed by atoms with Crippen LogP contribution < -0.4 is 0 Å². The molecule has 0 unspecified atom stereocenters. The van der Waals surface area contributed by atoms with Gasteiger partial charge in [0.15, 0.2) is 0 Å². The lowest BCUT2D eigenvalue weighted by atomic mass is 10.1. The molecule has 0 radical (unpaired) electrons. The van der Waals surface area contributed by atoms with E-state index in [1.54, 1.807) is 0 Å². The molecule has 0 amide bonds. The van der Waals surface area contributed by atoms with Crippen molar-refractivity contribution in [3.63, 3.8) is 0 Å². The van der Waals surface area contributed by atoms with E-state index in [-0.39, 0.29) is 0 Å². The van der Waals surface area contributed by atoms with E-state index in [9.17, 15) is 0 Å². The molecule has 0 saturated carbocycles. The van der Waals surface area contributed by atoms with E-state index in [4.69, 9.17) is 0 Å². The second-order valence-electron chi connectivity index (χ2n) is 3.93. The quantitative estimate of drug-likeness (QED) is 0.645. The number of allylic oxidation sites excluding steroid dienone is 1. The molecule has 0 aromatic heterocycles. The Labute approximate surface area is 110 Å². The zero-order chi connectivity index (χ0) is 13.1. The Hall–Kier alpha value is -2.08. The van der Waals surface area contributed by atoms with Crippen molar-refractivity contribution in [2.75, 3.05) is 0 Å². The first-order valence-corrected chi connectivity index (χ1v) is 6.19. The molecule has 0 bridgehead atoms. The van der Waals surface area contributed by atoms with E-state index in [1.165, 1.54) is 11.1 Å². The SMILES string of the molecule is C=CCCc1ccccc1.C=Cc1ccccc1. The molecule has 2 aromatic rings. The number of benzene rings is 2. The molecule has 0 spiro atoms. The second-order valence-corrected chi connectivity index (χ2v) is 3.93. The summed E-state index contributed by atoms with van der Waals surface area (Å²) in [6.45, 7) is 7.31. The topological polar surface area (TPSA) is 0 Å². The first-order valence-electron chi connectivity index (χ1n) is 6.19. The van der Waals surface area contributed by atoms with Gasteiger partial charge in [0.25, 0.3) is 0 Å².